The van der Waals surface area contributed by atoms with Gasteiger partial charge in [0.05, 0.1) is 23.0 Å². The lowest BCUT2D eigenvalue weighted by molar-refractivity contribution is 0.347. The molecule has 13 heavy (non-hydrogen) atoms. The number of rotatable bonds is 3. The second-order valence-corrected chi connectivity index (χ2v) is 3.00. The van der Waals surface area contributed by atoms with Crippen molar-refractivity contribution in [2.45, 2.75) is 0 Å². The van der Waals surface area contributed by atoms with Crippen molar-refractivity contribution in [3.8, 4) is 5.75 Å². The molecule has 0 saturated heterocycles. The highest BCUT2D eigenvalue weighted by molar-refractivity contribution is 6.18. The molecule has 2 aromatic rings. The van der Waals surface area contributed by atoms with Gasteiger partial charge in [0, 0.05) is 0 Å². The van der Waals surface area contributed by atoms with Gasteiger partial charge in [-0.15, -0.1) is 11.6 Å². The number of ether oxygens (including phenoxy) is 1. The van der Waals surface area contributed by atoms with E-state index in [0.717, 1.165) is 16.7 Å². The van der Waals surface area contributed by atoms with E-state index >= 15 is 0 Å². The zero-order chi connectivity index (χ0) is 9.10. The fraction of sp³-hybridized carbons (Fsp3) is 0.222. The maximum atomic E-state index is 5.53. The molecule has 0 atom stereocenters. The van der Waals surface area contributed by atoms with E-state index in [4.69, 9.17) is 16.3 Å². The molecule has 0 radical (unpaired) electrons. The number of hydrogen-bond acceptors (Lipinski definition) is 2. The fourth-order valence-electron chi connectivity index (χ4n) is 1.22. The Labute approximate surface area is 80.7 Å². The van der Waals surface area contributed by atoms with Gasteiger partial charge in [0.25, 0.3) is 0 Å². The zero-order valence-corrected chi connectivity index (χ0v) is 7.71. The van der Waals surface area contributed by atoms with Crippen LogP contribution in [-0.4, -0.2) is 22.7 Å². The second kappa shape index (κ2) is 3.66. The van der Waals surface area contributed by atoms with E-state index in [1.54, 1.807) is 6.20 Å². The molecule has 0 unspecified atom stereocenters. The molecule has 0 aliphatic heterocycles. The van der Waals surface area contributed by atoms with Crippen LogP contribution in [-0.2, 0) is 0 Å². The quantitative estimate of drug-likeness (QED) is 0.765. The number of halogens is 1. The molecule has 1 heterocycles. The first-order valence-corrected chi connectivity index (χ1v) is 4.56. The van der Waals surface area contributed by atoms with E-state index in [1.165, 1.54) is 0 Å². The molecular weight excluding hydrogens is 188 g/mol. The van der Waals surface area contributed by atoms with Crippen LogP contribution in [0.1, 0.15) is 0 Å². The molecule has 3 nitrogen and oxygen atoms in total. The summed E-state index contributed by atoms with van der Waals surface area (Å²) >= 11 is 5.53. The Kier molecular flexibility index (Phi) is 2.36. The normalized spacial score (nSPS) is 10.5. The summed E-state index contributed by atoms with van der Waals surface area (Å²) in [6, 6.07) is 5.78. The average Bonchev–Trinajstić information content (AvgIpc) is 2.62. The van der Waals surface area contributed by atoms with Gasteiger partial charge in [0.2, 0.25) is 0 Å². The van der Waals surface area contributed by atoms with E-state index in [1.807, 2.05) is 18.2 Å². The molecule has 2 rings (SSSR count). The van der Waals surface area contributed by atoms with Gasteiger partial charge < -0.3 is 4.74 Å². The van der Waals surface area contributed by atoms with E-state index in [0.29, 0.717) is 12.5 Å². The summed E-state index contributed by atoms with van der Waals surface area (Å²) in [5, 5.41) is 7.80. The van der Waals surface area contributed by atoms with Crippen molar-refractivity contribution in [3.05, 3.63) is 24.4 Å². The molecule has 1 aromatic heterocycles. The predicted molar refractivity (Wildman–Crippen MR) is 52.3 cm³/mol. The number of fused-ring (bicyclic) bond motifs is 1. The van der Waals surface area contributed by atoms with Gasteiger partial charge in [-0.25, -0.2) is 0 Å². The molecule has 0 amide bonds. The van der Waals surface area contributed by atoms with Crippen LogP contribution in [0.15, 0.2) is 24.4 Å². The Morgan fingerprint density at radius 3 is 3.23 bits per heavy atom. The lowest BCUT2D eigenvalue weighted by atomic mass is 10.2. The summed E-state index contributed by atoms with van der Waals surface area (Å²) in [6.07, 6.45) is 1.75. The van der Waals surface area contributed by atoms with Gasteiger partial charge in [-0.2, -0.15) is 5.10 Å². The molecule has 4 heteroatoms. The minimum atomic E-state index is 0.494. The van der Waals surface area contributed by atoms with Gasteiger partial charge in [0.1, 0.15) is 12.4 Å². The van der Waals surface area contributed by atoms with E-state index < -0.39 is 0 Å². The summed E-state index contributed by atoms with van der Waals surface area (Å²) in [7, 11) is 0. The van der Waals surface area contributed by atoms with Gasteiger partial charge in [-0.1, -0.05) is 6.07 Å². The summed E-state index contributed by atoms with van der Waals surface area (Å²) in [5.74, 6) is 1.32. The summed E-state index contributed by atoms with van der Waals surface area (Å²) < 4.78 is 5.43. The van der Waals surface area contributed by atoms with Crippen LogP contribution in [0.25, 0.3) is 10.9 Å². The summed E-state index contributed by atoms with van der Waals surface area (Å²) in [4.78, 5) is 0. The number of alkyl halides is 1. The molecule has 0 aliphatic carbocycles. The topological polar surface area (TPSA) is 37.9 Å². The van der Waals surface area contributed by atoms with Crippen molar-refractivity contribution in [2.24, 2.45) is 0 Å². The Morgan fingerprint density at radius 1 is 1.46 bits per heavy atom. The van der Waals surface area contributed by atoms with Crippen molar-refractivity contribution in [1.82, 2.24) is 10.2 Å². The van der Waals surface area contributed by atoms with Crippen molar-refractivity contribution >= 4 is 22.5 Å². The molecule has 0 saturated carbocycles. The number of aromatic nitrogens is 2. The van der Waals surface area contributed by atoms with Crippen molar-refractivity contribution in [3.63, 3.8) is 0 Å². The van der Waals surface area contributed by atoms with Crippen LogP contribution >= 0.6 is 11.6 Å². The Balaban J connectivity index is 2.37. The average molecular weight is 197 g/mol. The van der Waals surface area contributed by atoms with Crippen molar-refractivity contribution < 1.29 is 4.74 Å². The number of nitrogens with zero attached hydrogens (tertiary/aromatic N) is 1. The lowest BCUT2D eigenvalue weighted by Crippen LogP contribution is -1.97. The molecule has 68 valence electrons. The first-order valence-electron chi connectivity index (χ1n) is 4.02. The van der Waals surface area contributed by atoms with Crippen LogP contribution in [0.5, 0.6) is 5.75 Å². The van der Waals surface area contributed by atoms with Crippen LogP contribution in [0.3, 0.4) is 0 Å². The molecule has 0 aliphatic rings. The SMILES string of the molecule is ClCCOc1cccc2[nH]ncc12. The van der Waals surface area contributed by atoms with Gasteiger partial charge in [0.15, 0.2) is 0 Å². The standard InChI is InChI=1S/C9H9ClN2O/c10-4-5-13-9-3-1-2-8-7(9)6-11-12-8/h1-3,6H,4-5H2,(H,11,12). The number of aromatic amines is 1. The second-order valence-electron chi connectivity index (χ2n) is 2.62. The van der Waals surface area contributed by atoms with Crippen LogP contribution < -0.4 is 4.74 Å². The highest BCUT2D eigenvalue weighted by Gasteiger charge is 2.01. The van der Waals surface area contributed by atoms with E-state index in [9.17, 15) is 0 Å². The predicted octanol–water partition coefficient (Wildman–Crippen LogP) is 2.18. The smallest absolute Gasteiger partial charge is 0.130 e. The highest BCUT2D eigenvalue weighted by atomic mass is 35.5. The monoisotopic (exact) mass is 196 g/mol. The third-order valence-corrected chi connectivity index (χ3v) is 1.93. The third kappa shape index (κ3) is 1.60. The Morgan fingerprint density at radius 2 is 2.38 bits per heavy atom. The van der Waals surface area contributed by atoms with E-state index in [-0.39, 0.29) is 0 Å². The van der Waals surface area contributed by atoms with Gasteiger partial charge in [-0.05, 0) is 12.1 Å². The summed E-state index contributed by atoms with van der Waals surface area (Å²) in [6.45, 7) is 0.520. The molecule has 1 N–H and O–H groups in total. The van der Waals surface area contributed by atoms with Crippen molar-refractivity contribution in [2.75, 3.05) is 12.5 Å². The van der Waals surface area contributed by atoms with Gasteiger partial charge in [-0.3, -0.25) is 5.10 Å². The molecule has 0 bridgehead atoms. The molecule has 1 aromatic carbocycles. The maximum Gasteiger partial charge on any atom is 0.130 e. The molecule has 0 spiro atoms. The highest BCUT2D eigenvalue weighted by Crippen LogP contribution is 2.23. The first-order chi connectivity index (χ1) is 6.42. The number of H-pyrrole nitrogens is 1. The zero-order valence-electron chi connectivity index (χ0n) is 6.96. The van der Waals surface area contributed by atoms with Crippen LogP contribution in [0.4, 0.5) is 0 Å². The number of nitrogens with one attached hydrogen (secondary N) is 1. The lowest BCUT2D eigenvalue weighted by Gasteiger charge is -2.03. The number of hydrogen-bond donors (Lipinski definition) is 1. The maximum absolute atomic E-state index is 5.53. The largest absolute Gasteiger partial charge is 0.492 e. The fourth-order valence-corrected chi connectivity index (χ4v) is 1.29. The van der Waals surface area contributed by atoms with E-state index in [2.05, 4.69) is 10.2 Å². The number of benzene rings is 1. The molecule has 0 fully saturated rings. The van der Waals surface area contributed by atoms with Gasteiger partial charge >= 0.3 is 0 Å². The Bertz CT molecular complexity index is 399. The van der Waals surface area contributed by atoms with Crippen LogP contribution in [0, 0.1) is 0 Å². The molecular formula is C9H9ClN2O. The van der Waals surface area contributed by atoms with Crippen molar-refractivity contribution in [1.29, 1.82) is 0 Å². The Hall–Kier alpha value is -1.22. The van der Waals surface area contributed by atoms with Crippen LogP contribution in [0.2, 0.25) is 0 Å². The third-order valence-electron chi connectivity index (χ3n) is 1.78. The minimum Gasteiger partial charge on any atom is -0.492 e. The summed E-state index contributed by atoms with van der Waals surface area (Å²) in [5.41, 5.74) is 0.979. The minimum absolute atomic E-state index is 0.494. The first kappa shape index (κ1) is 8.38.